The molecule has 2 aliphatic rings. The van der Waals surface area contributed by atoms with Gasteiger partial charge in [-0.3, -0.25) is 9.59 Å². The Hall–Kier alpha value is -2.15. The Morgan fingerprint density at radius 2 is 2.12 bits per heavy atom. The second-order valence-electron chi connectivity index (χ2n) is 7.43. The summed E-state index contributed by atoms with van der Waals surface area (Å²) in [5, 5.41) is 12.5. The van der Waals surface area contributed by atoms with Gasteiger partial charge >= 0.3 is 0 Å². The van der Waals surface area contributed by atoms with Crippen molar-refractivity contribution in [3.8, 4) is 5.88 Å². The van der Waals surface area contributed by atoms with E-state index < -0.39 is 12.0 Å². The SMILES string of the molecule is COc1nc2c(cc1CNC(=O)[C@H](O)C(C)C)C(=O)N(C1CCCC1)C2. The maximum Gasteiger partial charge on any atom is 0.256 e. The third kappa shape index (κ3) is 3.53. The first kappa shape index (κ1) is 18.6. The van der Waals surface area contributed by atoms with E-state index in [0.717, 1.165) is 31.4 Å². The molecule has 1 fully saturated rings. The van der Waals surface area contributed by atoms with Gasteiger partial charge in [-0.05, 0) is 24.8 Å². The summed E-state index contributed by atoms with van der Waals surface area (Å²) in [5.41, 5.74) is 1.96. The average molecular weight is 361 g/mol. The molecule has 2 amide bonds. The van der Waals surface area contributed by atoms with Crippen LogP contribution in [0.1, 0.15) is 61.1 Å². The summed E-state index contributed by atoms with van der Waals surface area (Å²) in [6.07, 6.45) is 3.36. The number of amides is 2. The van der Waals surface area contributed by atoms with Gasteiger partial charge in [0.1, 0.15) is 6.10 Å². The molecule has 1 aliphatic carbocycles. The number of carbonyl (C=O) groups is 2. The molecule has 26 heavy (non-hydrogen) atoms. The molecule has 2 N–H and O–H groups in total. The van der Waals surface area contributed by atoms with Crippen LogP contribution in [0.25, 0.3) is 0 Å². The van der Waals surface area contributed by atoms with Crippen LogP contribution >= 0.6 is 0 Å². The Kier molecular flexibility index (Phi) is 5.46. The number of aliphatic hydroxyl groups is 1. The fourth-order valence-corrected chi connectivity index (χ4v) is 3.67. The molecule has 0 radical (unpaired) electrons. The van der Waals surface area contributed by atoms with Crippen LogP contribution in [-0.4, -0.2) is 46.1 Å². The van der Waals surface area contributed by atoms with E-state index in [1.54, 1.807) is 19.9 Å². The number of nitrogens with one attached hydrogen (secondary N) is 1. The van der Waals surface area contributed by atoms with Crippen molar-refractivity contribution in [3.63, 3.8) is 0 Å². The normalized spacial score (nSPS) is 18.3. The minimum absolute atomic E-state index is 0.0110. The van der Waals surface area contributed by atoms with E-state index in [4.69, 9.17) is 4.74 Å². The molecule has 0 saturated heterocycles. The van der Waals surface area contributed by atoms with Crippen molar-refractivity contribution in [2.45, 2.75) is 64.8 Å². The quantitative estimate of drug-likeness (QED) is 0.803. The standard InChI is InChI=1S/C19H27N3O4/c1-11(2)16(23)17(24)20-9-12-8-14-15(21-18(12)26-3)10-22(19(14)25)13-6-4-5-7-13/h8,11,13,16,23H,4-7,9-10H2,1-3H3,(H,20,24)/t16-/m1/s1. The monoisotopic (exact) mass is 361 g/mol. The highest BCUT2D eigenvalue weighted by Gasteiger charge is 2.36. The van der Waals surface area contributed by atoms with Crippen molar-refractivity contribution in [1.82, 2.24) is 15.2 Å². The van der Waals surface area contributed by atoms with Crippen molar-refractivity contribution in [2.75, 3.05) is 7.11 Å². The number of carbonyl (C=O) groups excluding carboxylic acids is 2. The van der Waals surface area contributed by atoms with Crippen molar-refractivity contribution in [1.29, 1.82) is 0 Å². The number of methoxy groups -OCH3 is 1. The van der Waals surface area contributed by atoms with Crippen molar-refractivity contribution >= 4 is 11.8 Å². The zero-order chi connectivity index (χ0) is 18.8. The molecule has 0 bridgehead atoms. The van der Waals surface area contributed by atoms with E-state index in [0.29, 0.717) is 29.6 Å². The van der Waals surface area contributed by atoms with Crippen molar-refractivity contribution < 1.29 is 19.4 Å². The molecule has 1 aliphatic heterocycles. The second-order valence-corrected chi connectivity index (χ2v) is 7.43. The molecule has 0 aromatic carbocycles. The van der Waals surface area contributed by atoms with Crippen LogP contribution < -0.4 is 10.1 Å². The van der Waals surface area contributed by atoms with Gasteiger partial charge in [0, 0.05) is 18.2 Å². The summed E-state index contributed by atoms with van der Waals surface area (Å²) in [6.45, 7) is 4.23. The van der Waals surface area contributed by atoms with E-state index in [-0.39, 0.29) is 18.4 Å². The van der Waals surface area contributed by atoms with Crippen molar-refractivity contribution in [2.24, 2.45) is 5.92 Å². The molecule has 7 nitrogen and oxygen atoms in total. The summed E-state index contributed by atoms with van der Waals surface area (Å²) in [5.74, 6) is -0.195. The number of pyridine rings is 1. The lowest BCUT2D eigenvalue weighted by molar-refractivity contribution is -0.131. The Morgan fingerprint density at radius 3 is 2.73 bits per heavy atom. The van der Waals surface area contributed by atoms with Crippen LogP contribution in [0.2, 0.25) is 0 Å². The van der Waals surface area contributed by atoms with Crippen LogP contribution in [0.4, 0.5) is 0 Å². The number of rotatable bonds is 6. The Labute approximate surface area is 153 Å². The first-order valence-electron chi connectivity index (χ1n) is 9.26. The van der Waals surface area contributed by atoms with Crippen LogP contribution in [0.15, 0.2) is 6.07 Å². The summed E-state index contributed by atoms with van der Waals surface area (Å²) in [4.78, 5) is 31.2. The van der Waals surface area contributed by atoms with E-state index in [9.17, 15) is 14.7 Å². The van der Waals surface area contributed by atoms with Crippen LogP contribution in [0.5, 0.6) is 5.88 Å². The summed E-state index contributed by atoms with van der Waals surface area (Å²) in [6, 6.07) is 2.06. The van der Waals surface area contributed by atoms with E-state index in [1.807, 2.05) is 4.90 Å². The Morgan fingerprint density at radius 1 is 1.42 bits per heavy atom. The summed E-state index contributed by atoms with van der Waals surface area (Å²) >= 11 is 0. The molecule has 142 valence electrons. The highest BCUT2D eigenvalue weighted by Crippen LogP contribution is 2.33. The molecule has 2 heterocycles. The molecule has 1 saturated carbocycles. The lowest BCUT2D eigenvalue weighted by Crippen LogP contribution is -2.37. The number of hydrogen-bond acceptors (Lipinski definition) is 5. The van der Waals surface area contributed by atoms with Crippen LogP contribution in [0.3, 0.4) is 0 Å². The molecule has 1 aromatic heterocycles. The van der Waals surface area contributed by atoms with Crippen LogP contribution in [0, 0.1) is 5.92 Å². The lowest BCUT2D eigenvalue weighted by Gasteiger charge is -2.22. The third-order valence-electron chi connectivity index (χ3n) is 5.26. The maximum atomic E-state index is 12.8. The largest absolute Gasteiger partial charge is 0.481 e. The van der Waals surface area contributed by atoms with Gasteiger partial charge in [0.05, 0.1) is 24.9 Å². The third-order valence-corrected chi connectivity index (χ3v) is 5.26. The number of hydrogen-bond donors (Lipinski definition) is 2. The minimum atomic E-state index is -1.07. The van der Waals surface area contributed by atoms with E-state index in [2.05, 4.69) is 10.3 Å². The minimum Gasteiger partial charge on any atom is -0.481 e. The molecule has 7 heteroatoms. The number of aliphatic hydroxyl groups excluding tert-OH is 1. The zero-order valence-electron chi connectivity index (χ0n) is 15.6. The van der Waals surface area contributed by atoms with E-state index in [1.165, 1.54) is 7.11 Å². The topological polar surface area (TPSA) is 91.8 Å². The smallest absolute Gasteiger partial charge is 0.256 e. The van der Waals surface area contributed by atoms with Gasteiger partial charge in [-0.25, -0.2) is 4.98 Å². The Balaban J connectivity index is 1.77. The number of nitrogens with zero attached hydrogens (tertiary/aromatic N) is 2. The second kappa shape index (κ2) is 7.61. The van der Waals surface area contributed by atoms with Gasteiger partial charge in [-0.1, -0.05) is 26.7 Å². The Bertz CT molecular complexity index is 698. The van der Waals surface area contributed by atoms with Gasteiger partial charge < -0.3 is 20.1 Å². The average Bonchev–Trinajstić information content (AvgIpc) is 3.26. The lowest BCUT2D eigenvalue weighted by atomic mass is 10.1. The highest BCUT2D eigenvalue weighted by molar-refractivity contribution is 5.98. The predicted molar refractivity (Wildman–Crippen MR) is 95.6 cm³/mol. The van der Waals surface area contributed by atoms with Gasteiger partial charge in [-0.15, -0.1) is 0 Å². The number of fused-ring (bicyclic) bond motifs is 1. The fourth-order valence-electron chi connectivity index (χ4n) is 3.67. The molecular weight excluding hydrogens is 334 g/mol. The summed E-state index contributed by atoms with van der Waals surface area (Å²) in [7, 11) is 1.52. The van der Waals surface area contributed by atoms with Gasteiger partial charge in [0.2, 0.25) is 11.8 Å². The van der Waals surface area contributed by atoms with Crippen LogP contribution in [-0.2, 0) is 17.9 Å². The van der Waals surface area contributed by atoms with E-state index >= 15 is 0 Å². The molecule has 0 spiro atoms. The summed E-state index contributed by atoms with van der Waals surface area (Å²) < 4.78 is 5.35. The molecule has 0 unspecified atom stereocenters. The molecule has 1 atom stereocenters. The van der Waals surface area contributed by atoms with Gasteiger partial charge in [-0.2, -0.15) is 0 Å². The van der Waals surface area contributed by atoms with Gasteiger partial charge in [0.15, 0.2) is 0 Å². The maximum absolute atomic E-state index is 12.8. The number of aromatic nitrogens is 1. The number of ether oxygens (including phenoxy) is 1. The molecule has 1 aromatic rings. The van der Waals surface area contributed by atoms with Crippen molar-refractivity contribution in [3.05, 3.63) is 22.9 Å². The molecular formula is C19H27N3O4. The van der Waals surface area contributed by atoms with Gasteiger partial charge in [0.25, 0.3) is 5.91 Å². The predicted octanol–water partition coefficient (Wildman–Crippen LogP) is 1.62. The molecule has 3 rings (SSSR count). The first-order chi connectivity index (χ1) is 12.4. The highest BCUT2D eigenvalue weighted by atomic mass is 16.5. The first-order valence-corrected chi connectivity index (χ1v) is 9.26. The fraction of sp³-hybridized carbons (Fsp3) is 0.632. The zero-order valence-corrected chi connectivity index (χ0v) is 15.6.